The Morgan fingerprint density at radius 1 is 1.40 bits per heavy atom. The molecule has 1 unspecified atom stereocenters. The molecule has 3 rings (SSSR count). The predicted molar refractivity (Wildman–Crippen MR) is 65.1 cm³/mol. The van der Waals surface area contributed by atoms with E-state index in [-0.39, 0.29) is 30.5 Å². The Morgan fingerprint density at radius 3 is 2.85 bits per heavy atom. The second-order valence-electron chi connectivity index (χ2n) is 4.68. The van der Waals surface area contributed by atoms with Crippen LogP contribution in [0.2, 0.25) is 0 Å². The molecule has 1 aromatic carbocycles. The third-order valence-corrected chi connectivity index (χ3v) is 3.22. The van der Waals surface area contributed by atoms with Crippen LogP contribution in [-0.4, -0.2) is 22.6 Å². The third-order valence-electron chi connectivity index (χ3n) is 3.22. The molecule has 1 atom stereocenters. The normalized spacial score (nSPS) is 18.9. The van der Waals surface area contributed by atoms with Gasteiger partial charge in [0, 0.05) is 19.0 Å². The standard InChI is InChI=1S/C13H11F2N3O2/c1-7-16-13(20-17-7)8-4-12(19)18(6-8)11-3-2-9(14)5-10(11)15/h2-3,5,8H,4,6H2,1H3. The highest BCUT2D eigenvalue weighted by molar-refractivity contribution is 5.96. The second-order valence-corrected chi connectivity index (χ2v) is 4.68. The van der Waals surface area contributed by atoms with E-state index >= 15 is 0 Å². The average molecular weight is 279 g/mol. The van der Waals surface area contributed by atoms with Gasteiger partial charge in [-0.25, -0.2) is 8.78 Å². The highest BCUT2D eigenvalue weighted by atomic mass is 19.1. The molecule has 0 spiro atoms. The van der Waals surface area contributed by atoms with Crippen molar-refractivity contribution in [2.24, 2.45) is 0 Å². The third kappa shape index (κ3) is 2.15. The monoisotopic (exact) mass is 279 g/mol. The first kappa shape index (κ1) is 12.7. The number of nitrogens with zero attached hydrogens (tertiary/aromatic N) is 3. The molecule has 1 aromatic heterocycles. The van der Waals surface area contributed by atoms with Gasteiger partial charge in [-0.05, 0) is 19.1 Å². The van der Waals surface area contributed by atoms with Crippen molar-refractivity contribution in [3.63, 3.8) is 0 Å². The van der Waals surface area contributed by atoms with Gasteiger partial charge in [0.25, 0.3) is 0 Å². The van der Waals surface area contributed by atoms with Gasteiger partial charge >= 0.3 is 0 Å². The Hall–Kier alpha value is -2.31. The molecule has 0 bridgehead atoms. The van der Waals surface area contributed by atoms with Crippen LogP contribution in [0.1, 0.15) is 24.1 Å². The van der Waals surface area contributed by atoms with E-state index in [4.69, 9.17) is 4.52 Å². The summed E-state index contributed by atoms with van der Waals surface area (Å²) in [5, 5.41) is 3.67. The maximum absolute atomic E-state index is 13.7. The van der Waals surface area contributed by atoms with Crippen molar-refractivity contribution < 1.29 is 18.1 Å². The molecule has 0 radical (unpaired) electrons. The van der Waals surface area contributed by atoms with Gasteiger partial charge in [-0.1, -0.05) is 5.16 Å². The first-order valence-electron chi connectivity index (χ1n) is 6.10. The Labute approximate surface area is 113 Å². The fourth-order valence-corrected chi connectivity index (χ4v) is 2.28. The second kappa shape index (κ2) is 4.66. The van der Waals surface area contributed by atoms with E-state index in [0.717, 1.165) is 12.1 Å². The minimum absolute atomic E-state index is 0.0649. The fourth-order valence-electron chi connectivity index (χ4n) is 2.28. The van der Waals surface area contributed by atoms with Crippen LogP contribution >= 0.6 is 0 Å². The molecule has 104 valence electrons. The van der Waals surface area contributed by atoms with E-state index in [9.17, 15) is 13.6 Å². The van der Waals surface area contributed by atoms with Crippen LogP contribution in [0, 0.1) is 18.6 Å². The van der Waals surface area contributed by atoms with Crippen LogP contribution in [0.5, 0.6) is 0 Å². The van der Waals surface area contributed by atoms with Gasteiger partial charge in [-0.2, -0.15) is 4.98 Å². The minimum Gasteiger partial charge on any atom is -0.339 e. The molecule has 1 aliphatic rings. The summed E-state index contributed by atoms with van der Waals surface area (Å²) in [7, 11) is 0. The maximum atomic E-state index is 13.7. The number of amides is 1. The van der Waals surface area contributed by atoms with Gasteiger partial charge < -0.3 is 9.42 Å². The topological polar surface area (TPSA) is 59.2 Å². The molecule has 1 aliphatic heterocycles. The van der Waals surface area contributed by atoms with Crippen LogP contribution < -0.4 is 4.90 Å². The van der Waals surface area contributed by atoms with E-state index in [1.807, 2.05) is 0 Å². The number of aromatic nitrogens is 2. The summed E-state index contributed by atoms with van der Waals surface area (Å²) in [6, 6.07) is 3.13. The van der Waals surface area contributed by atoms with E-state index in [2.05, 4.69) is 10.1 Å². The lowest BCUT2D eigenvalue weighted by Gasteiger charge is -2.16. The van der Waals surface area contributed by atoms with Crippen LogP contribution in [0.4, 0.5) is 14.5 Å². The number of hydrogen-bond donors (Lipinski definition) is 0. The lowest BCUT2D eigenvalue weighted by atomic mass is 10.1. The number of benzene rings is 1. The Morgan fingerprint density at radius 2 is 2.20 bits per heavy atom. The first-order chi connectivity index (χ1) is 9.54. The van der Waals surface area contributed by atoms with Crippen LogP contribution in [0.25, 0.3) is 0 Å². The average Bonchev–Trinajstić information content (AvgIpc) is 2.96. The van der Waals surface area contributed by atoms with E-state index in [1.54, 1.807) is 6.92 Å². The lowest BCUT2D eigenvalue weighted by molar-refractivity contribution is -0.117. The van der Waals surface area contributed by atoms with Crippen molar-refractivity contribution in [3.8, 4) is 0 Å². The van der Waals surface area contributed by atoms with E-state index < -0.39 is 11.6 Å². The number of rotatable bonds is 2. The van der Waals surface area contributed by atoms with Gasteiger partial charge in [0.05, 0.1) is 11.6 Å². The van der Waals surface area contributed by atoms with Crippen molar-refractivity contribution in [1.29, 1.82) is 0 Å². The zero-order chi connectivity index (χ0) is 14.3. The van der Waals surface area contributed by atoms with Crippen LogP contribution in [0.15, 0.2) is 22.7 Å². The smallest absolute Gasteiger partial charge is 0.232 e. The number of aryl methyl sites for hydroxylation is 1. The quantitative estimate of drug-likeness (QED) is 0.845. The Balaban J connectivity index is 1.87. The molecule has 0 aliphatic carbocycles. The molecule has 1 saturated heterocycles. The molecular weight excluding hydrogens is 268 g/mol. The lowest BCUT2D eigenvalue weighted by Crippen LogP contribution is -2.25. The number of hydrogen-bond acceptors (Lipinski definition) is 4. The molecule has 1 amide bonds. The molecule has 1 fully saturated rings. The summed E-state index contributed by atoms with van der Waals surface area (Å²) in [5.74, 6) is -1.12. The summed E-state index contributed by atoms with van der Waals surface area (Å²) in [6.07, 6.45) is 0.165. The van der Waals surface area contributed by atoms with Gasteiger partial charge in [-0.3, -0.25) is 4.79 Å². The van der Waals surface area contributed by atoms with Gasteiger partial charge in [0.15, 0.2) is 5.82 Å². The van der Waals surface area contributed by atoms with Crippen molar-refractivity contribution in [1.82, 2.24) is 10.1 Å². The maximum Gasteiger partial charge on any atom is 0.232 e. The van der Waals surface area contributed by atoms with Crippen molar-refractivity contribution >= 4 is 11.6 Å². The van der Waals surface area contributed by atoms with Gasteiger partial charge in [0.2, 0.25) is 11.8 Å². The van der Waals surface area contributed by atoms with Gasteiger partial charge in [0.1, 0.15) is 11.6 Å². The Kier molecular flexibility index (Phi) is 2.96. The highest BCUT2D eigenvalue weighted by Gasteiger charge is 2.36. The molecule has 7 heteroatoms. The largest absolute Gasteiger partial charge is 0.339 e. The molecule has 0 saturated carbocycles. The Bertz CT molecular complexity index is 671. The summed E-state index contributed by atoms with van der Waals surface area (Å²) in [6.45, 7) is 1.92. The number of halogens is 2. The van der Waals surface area contributed by atoms with E-state index in [1.165, 1.54) is 11.0 Å². The summed E-state index contributed by atoms with van der Waals surface area (Å²) in [4.78, 5) is 17.3. The summed E-state index contributed by atoms with van der Waals surface area (Å²) >= 11 is 0. The number of carbonyl (C=O) groups excluding carboxylic acids is 1. The predicted octanol–water partition coefficient (Wildman–Crippen LogP) is 2.18. The zero-order valence-electron chi connectivity index (χ0n) is 10.6. The number of anilines is 1. The summed E-state index contributed by atoms with van der Waals surface area (Å²) in [5.41, 5.74) is 0.0649. The highest BCUT2D eigenvalue weighted by Crippen LogP contribution is 2.32. The SMILES string of the molecule is Cc1noc(C2CC(=O)N(c3ccc(F)cc3F)C2)n1. The van der Waals surface area contributed by atoms with E-state index in [0.29, 0.717) is 11.7 Å². The molecule has 0 N–H and O–H groups in total. The van der Waals surface area contributed by atoms with Crippen molar-refractivity contribution in [2.75, 3.05) is 11.4 Å². The number of carbonyl (C=O) groups is 1. The first-order valence-corrected chi connectivity index (χ1v) is 6.10. The zero-order valence-corrected chi connectivity index (χ0v) is 10.6. The summed E-state index contributed by atoms with van der Waals surface area (Å²) < 4.78 is 31.7. The van der Waals surface area contributed by atoms with Crippen LogP contribution in [-0.2, 0) is 4.79 Å². The molecule has 2 aromatic rings. The fraction of sp³-hybridized carbons (Fsp3) is 0.308. The van der Waals surface area contributed by atoms with Crippen molar-refractivity contribution in [3.05, 3.63) is 41.5 Å². The van der Waals surface area contributed by atoms with Crippen LogP contribution in [0.3, 0.4) is 0 Å². The molecule has 2 heterocycles. The molecule has 5 nitrogen and oxygen atoms in total. The minimum atomic E-state index is -0.763. The molecular formula is C13H11F2N3O2. The molecule has 20 heavy (non-hydrogen) atoms. The van der Waals surface area contributed by atoms with Gasteiger partial charge in [-0.15, -0.1) is 0 Å². The van der Waals surface area contributed by atoms with Crippen molar-refractivity contribution in [2.45, 2.75) is 19.3 Å².